The number of nitrogens with zero attached hydrogens (tertiary/aromatic N) is 3. The quantitative estimate of drug-likeness (QED) is 0.200. The standard InChI is InChI=1S/C28H29BrN3.Ir/c1-17(2)22-12-9-13-23(18(3)4)26(22)32-27(21-15-14-20(6)25(29)16-21)30-31-28(32)24-11-8-7-10-19(24)5;/h7-14,16-18H,1-6H3;/q-1;. The SMILES string of the molecule is Cc1c[c-]c(-c2nnc(-c3ccccc3C)n2-c2c(C(C)C)cccc2C(C)C)cc1Br.[Ir]. The average molecular weight is 680 g/mol. The molecule has 4 aromatic rings. The van der Waals surface area contributed by atoms with Gasteiger partial charge in [0.15, 0.2) is 5.82 Å². The van der Waals surface area contributed by atoms with Crippen LogP contribution < -0.4 is 0 Å². The molecule has 3 aromatic carbocycles. The zero-order chi connectivity index (χ0) is 23.0. The molecule has 0 atom stereocenters. The van der Waals surface area contributed by atoms with E-state index in [2.05, 4.69) is 117 Å². The molecule has 0 saturated carbocycles. The molecule has 4 rings (SSSR count). The molecule has 1 heterocycles. The number of aromatic nitrogens is 3. The van der Waals surface area contributed by atoms with Crippen molar-refractivity contribution in [2.24, 2.45) is 0 Å². The predicted octanol–water partition coefficient (Wildman–Crippen LogP) is 8.03. The number of para-hydroxylation sites is 1. The summed E-state index contributed by atoms with van der Waals surface area (Å²) in [7, 11) is 0. The number of hydrogen-bond donors (Lipinski definition) is 0. The van der Waals surface area contributed by atoms with Gasteiger partial charge >= 0.3 is 0 Å². The number of benzene rings is 3. The second-order valence-electron chi connectivity index (χ2n) is 8.97. The molecule has 3 nitrogen and oxygen atoms in total. The van der Waals surface area contributed by atoms with Crippen LogP contribution in [0, 0.1) is 19.9 Å². The summed E-state index contributed by atoms with van der Waals surface area (Å²) >= 11 is 3.69. The molecule has 1 radical (unpaired) electrons. The Morgan fingerprint density at radius 1 is 0.818 bits per heavy atom. The van der Waals surface area contributed by atoms with E-state index in [1.165, 1.54) is 22.4 Å². The molecule has 0 aliphatic rings. The molecule has 0 amide bonds. The summed E-state index contributed by atoms with van der Waals surface area (Å²) in [5.41, 5.74) is 8.09. The van der Waals surface area contributed by atoms with Crippen molar-refractivity contribution in [3.05, 3.63) is 87.4 Å². The summed E-state index contributed by atoms with van der Waals surface area (Å²) in [5, 5.41) is 9.44. The largest absolute Gasteiger partial charge is 0.315 e. The van der Waals surface area contributed by atoms with E-state index in [4.69, 9.17) is 10.2 Å². The minimum atomic E-state index is 0. The third kappa shape index (κ3) is 4.91. The van der Waals surface area contributed by atoms with Crippen molar-refractivity contribution in [3.63, 3.8) is 0 Å². The van der Waals surface area contributed by atoms with E-state index in [1.54, 1.807) is 0 Å². The molecular formula is C28H29BrIrN3-. The summed E-state index contributed by atoms with van der Waals surface area (Å²) in [6.07, 6.45) is 0. The summed E-state index contributed by atoms with van der Waals surface area (Å²) in [6.45, 7) is 13.2. The molecule has 33 heavy (non-hydrogen) atoms. The van der Waals surface area contributed by atoms with Crippen LogP contribution in [0.5, 0.6) is 0 Å². The summed E-state index contributed by atoms with van der Waals surface area (Å²) in [5.74, 6) is 2.38. The van der Waals surface area contributed by atoms with Gasteiger partial charge in [-0.1, -0.05) is 97.5 Å². The van der Waals surface area contributed by atoms with Crippen molar-refractivity contribution in [1.82, 2.24) is 14.8 Å². The molecule has 0 bridgehead atoms. The van der Waals surface area contributed by atoms with Gasteiger partial charge in [0.2, 0.25) is 0 Å². The Morgan fingerprint density at radius 3 is 2.00 bits per heavy atom. The Bertz CT molecular complexity index is 1250. The van der Waals surface area contributed by atoms with Gasteiger partial charge in [-0.05, 0) is 35.4 Å². The first-order valence-corrected chi connectivity index (χ1v) is 11.9. The van der Waals surface area contributed by atoms with Gasteiger partial charge in [-0.2, -0.15) is 5.10 Å². The van der Waals surface area contributed by atoms with Crippen LogP contribution in [-0.4, -0.2) is 14.8 Å². The third-order valence-corrected chi connectivity index (χ3v) is 6.80. The minimum Gasteiger partial charge on any atom is -0.315 e. The maximum atomic E-state index is 4.73. The first-order valence-electron chi connectivity index (χ1n) is 11.1. The molecule has 0 aliphatic carbocycles. The summed E-state index contributed by atoms with van der Waals surface area (Å²) < 4.78 is 3.29. The Hall–Kier alpha value is -2.07. The molecule has 173 valence electrons. The monoisotopic (exact) mass is 679 g/mol. The second kappa shape index (κ2) is 10.5. The maximum absolute atomic E-state index is 4.73. The van der Waals surface area contributed by atoms with Crippen LogP contribution in [0.15, 0.2) is 59.1 Å². The van der Waals surface area contributed by atoms with Crippen molar-refractivity contribution in [3.8, 4) is 28.5 Å². The molecule has 0 N–H and O–H groups in total. The van der Waals surface area contributed by atoms with Gasteiger partial charge < -0.3 is 4.57 Å². The predicted molar refractivity (Wildman–Crippen MR) is 136 cm³/mol. The van der Waals surface area contributed by atoms with E-state index in [1.807, 2.05) is 6.07 Å². The molecule has 0 spiro atoms. The van der Waals surface area contributed by atoms with E-state index < -0.39 is 0 Å². The number of aryl methyl sites for hydroxylation is 2. The molecule has 0 unspecified atom stereocenters. The van der Waals surface area contributed by atoms with Gasteiger partial charge in [0.1, 0.15) is 0 Å². The fourth-order valence-corrected chi connectivity index (χ4v) is 4.45. The smallest absolute Gasteiger partial charge is 0.159 e. The minimum absolute atomic E-state index is 0. The number of hydrogen-bond acceptors (Lipinski definition) is 2. The van der Waals surface area contributed by atoms with E-state index in [0.717, 1.165) is 32.8 Å². The van der Waals surface area contributed by atoms with Gasteiger partial charge in [0.05, 0.1) is 5.82 Å². The Labute approximate surface area is 219 Å². The molecule has 5 heteroatoms. The van der Waals surface area contributed by atoms with Crippen LogP contribution in [0.1, 0.15) is 61.8 Å². The normalized spacial score (nSPS) is 11.2. The van der Waals surface area contributed by atoms with Crippen molar-refractivity contribution >= 4 is 15.9 Å². The van der Waals surface area contributed by atoms with E-state index >= 15 is 0 Å². The van der Waals surface area contributed by atoms with Crippen molar-refractivity contribution in [2.45, 2.75) is 53.4 Å². The van der Waals surface area contributed by atoms with Crippen LogP contribution in [0.3, 0.4) is 0 Å². The zero-order valence-corrected chi connectivity index (χ0v) is 23.9. The number of rotatable bonds is 5. The zero-order valence-electron chi connectivity index (χ0n) is 19.9. The first kappa shape index (κ1) is 25.6. The van der Waals surface area contributed by atoms with Gasteiger partial charge in [-0.15, -0.1) is 34.4 Å². The first-order chi connectivity index (χ1) is 15.3. The number of halogens is 1. The van der Waals surface area contributed by atoms with Crippen LogP contribution in [0.4, 0.5) is 0 Å². The van der Waals surface area contributed by atoms with Crippen LogP contribution in [-0.2, 0) is 20.1 Å². The van der Waals surface area contributed by atoms with Crippen LogP contribution in [0.25, 0.3) is 28.5 Å². The molecule has 0 fully saturated rings. The Kier molecular flexibility index (Phi) is 8.10. The molecule has 1 aromatic heterocycles. The van der Waals surface area contributed by atoms with Gasteiger partial charge in [0, 0.05) is 31.4 Å². The second-order valence-corrected chi connectivity index (χ2v) is 9.82. The van der Waals surface area contributed by atoms with E-state index in [9.17, 15) is 0 Å². The van der Waals surface area contributed by atoms with Crippen LogP contribution in [0.2, 0.25) is 0 Å². The molecule has 0 saturated heterocycles. The third-order valence-electron chi connectivity index (χ3n) is 5.95. The van der Waals surface area contributed by atoms with Crippen LogP contribution >= 0.6 is 15.9 Å². The van der Waals surface area contributed by atoms with E-state index in [0.29, 0.717) is 11.8 Å². The fraction of sp³-hybridized carbons (Fsp3) is 0.286. The molecular weight excluding hydrogens is 650 g/mol. The Balaban J connectivity index is 0.00000306. The fourth-order valence-electron chi connectivity index (χ4n) is 4.10. The molecule has 0 aliphatic heterocycles. The van der Waals surface area contributed by atoms with Gasteiger partial charge in [-0.3, -0.25) is 0 Å². The summed E-state index contributed by atoms with van der Waals surface area (Å²) in [6, 6.07) is 22.5. The van der Waals surface area contributed by atoms with Gasteiger partial charge in [-0.25, -0.2) is 0 Å². The van der Waals surface area contributed by atoms with Crippen molar-refractivity contribution in [1.29, 1.82) is 0 Å². The average Bonchev–Trinajstić information content (AvgIpc) is 3.19. The summed E-state index contributed by atoms with van der Waals surface area (Å²) in [4.78, 5) is 0. The van der Waals surface area contributed by atoms with Gasteiger partial charge in [0.25, 0.3) is 0 Å². The Morgan fingerprint density at radius 2 is 1.42 bits per heavy atom. The van der Waals surface area contributed by atoms with Crippen molar-refractivity contribution in [2.75, 3.05) is 0 Å². The van der Waals surface area contributed by atoms with E-state index in [-0.39, 0.29) is 20.1 Å². The topological polar surface area (TPSA) is 30.7 Å². The maximum Gasteiger partial charge on any atom is 0.159 e. The van der Waals surface area contributed by atoms with Crippen molar-refractivity contribution < 1.29 is 20.1 Å².